The Morgan fingerprint density at radius 3 is 3.06 bits per heavy atom. The molecule has 0 saturated carbocycles. The van der Waals surface area contributed by atoms with Gasteiger partial charge in [0.1, 0.15) is 11.9 Å². The Kier molecular flexibility index (Phi) is 2.90. The van der Waals surface area contributed by atoms with Crippen LogP contribution in [0.1, 0.15) is 6.92 Å². The Morgan fingerprint density at radius 1 is 1.59 bits per heavy atom. The quantitative estimate of drug-likeness (QED) is 0.802. The van der Waals surface area contributed by atoms with E-state index < -0.39 is 17.8 Å². The zero-order chi connectivity index (χ0) is 12.4. The van der Waals surface area contributed by atoms with Crippen molar-refractivity contribution in [2.24, 2.45) is 0 Å². The lowest BCUT2D eigenvalue weighted by molar-refractivity contribution is -0.141. The molecule has 0 aliphatic heterocycles. The van der Waals surface area contributed by atoms with Gasteiger partial charge in [-0.2, -0.15) is 4.98 Å². The molecule has 0 bridgehead atoms. The number of fused-ring (bicyclic) bond motifs is 1. The lowest BCUT2D eigenvalue weighted by atomic mass is 10.3. The van der Waals surface area contributed by atoms with E-state index in [1.165, 1.54) is 30.0 Å². The largest absolute Gasteiger partial charge is 0.467 e. The molecule has 0 aliphatic rings. The highest BCUT2D eigenvalue weighted by atomic mass is 19.1. The number of hydrogen-bond donors (Lipinski definition) is 1. The van der Waals surface area contributed by atoms with Gasteiger partial charge in [-0.3, -0.25) is 0 Å². The number of carbonyl (C=O) groups is 1. The van der Waals surface area contributed by atoms with Gasteiger partial charge in [-0.25, -0.2) is 13.7 Å². The first kappa shape index (κ1) is 11.3. The molecule has 17 heavy (non-hydrogen) atoms. The fraction of sp³-hybridized carbons (Fsp3) is 0.300. The van der Waals surface area contributed by atoms with Crippen LogP contribution < -0.4 is 5.32 Å². The van der Waals surface area contributed by atoms with Crippen LogP contribution >= 0.6 is 0 Å². The van der Waals surface area contributed by atoms with E-state index in [1.807, 2.05) is 0 Å². The van der Waals surface area contributed by atoms with Gasteiger partial charge in [0.25, 0.3) is 0 Å². The topological polar surface area (TPSA) is 68.5 Å². The normalized spacial score (nSPS) is 12.4. The van der Waals surface area contributed by atoms with Crippen molar-refractivity contribution in [1.82, 2.24) is 14.6 Å². The van der Waals surface area contributed by atoms with Gasteiger partial charge in [-0.15, -0.1) is 5.10 Å². The molecule has 1 atom stereocenters. The average Bonchev–Trinajstić information content (AvgIpc) is 2.69. The molecule has 2 heterocycles. The molecule has 2 aromatic rings. The molecule has 0 radical (unpaired) electrons. The number of nitrogens with zero attached hydrogens (tertiary/aromatic N) is 3. The fourth-order valence-corrected chi connectivity index (χ4v) is 1.35. The van der Waals surface area contributed by atoms with Crippen LogP contribution in [0, 0.1) is 5.82 Å². The molecule has 0 amide bonds. The van der Waals surface area contributed by atoms with E-state index >= 15 is 0 Å². The first-order valence-corrected chi connectivity index (χ1v) is 4.96. The average molecular weight is 238 g/mol. The summed E-state index contributed by atoms with van der Waals surface area (Å²) in [4.78, 5) is 15.3. The summed E-state index contributed by atoms with van der Waals surface area (Å²) >= 11 is 0. The molecule has 7 heteroatoms. The third-order valence-corrected chi connectivity index (χ3v) is 2.20. The first-order valence-electron chi connectivity index (χ1n) is 4.96. The summed E-state index contributed by atoms with van der Waals surface area (Å²) in [6.45, 7) is 1.62. The van der Waals surface area contributed by atoms with Gasteiger partial charge in [0, 0.05) is 0 Å². The van der Waals surface area contributed by atoms with Crippen molar-refractivity contribution >= 4 is 17.6 Å². The molecule has 2 aromatic heterocycles. The van der Waals surface area contributed by atoms with Crippen molar-refractivity contribution in [3.8, 4) is 0 Å². The van der Waals surface area contributed by atoms with Crippen LogP contribution in [0.3, 0.4) is 0 Å². The molecular weight excluding hydrogens is 227 g/mol. The van der Waals surface area contributed by atoms with Gasteiger partial charge in [-0.1, -0.05) is 0 Å². The van der Waals surface area contributed by atoms with E-state index in [9.17, 15) is 9.18 Å². The van der Waals surface area contributed by atoms with Crippen molar-refractivity contribution < 1.29 is 13.9 Å². The van der Waals surface area contributed by atoms with E-state index in [4.69, 9.17) is 0 Å². The molecule has 0 aliphatic carbocycles. The van der Waals surface area contributed by atoms with E-state index in [0.717, 1.165) is 0 Å². The number of hydrogen-bond acceptors (Lipinski definition) is 5. The second kappa shape index (κ2) is 4.36. The van der Waals surface area contributed by atoms with Gasteiger partial charge < -0.3 is 10.1 Å². The van der Waals surface area contributed by atoms with Crippen molar-refractivity contribution in [3.63, 3.8) is 0 Å². The molecule has 0 aromatic carbocycles. The number of methoxy groups -OCH3 is 1. The summed E-state index contributed by atoms with van der Waals surface area (Å²) in [5.41, 5.74) is 0.492. The number of halogens is 1. The Balaban J connectivity index is 2.22. The van der Waals surface area contributed by atoms with E-state index in [1.54, 1.807) is 6.92 Å². The second-order valence-electron chi connectivity index (χ2n) is 3.47. The van der Waals surface area contributed by atoms with E-state index in [2.05, 4.69) is 20.1 Å². The molecule has 1 N–H and O–H groups in total. The molecule has 2 rings (SSSR count). The highest BCUT2D eigenvalue weighted by Crippen LogP contribution is 2.08. The van der Waals surface area contributed by atoms with Crippen molar-refractivity contribution in [2.45, 2.75) is 13.0 Å². The number of aromatic nitrogens is 3. The Bertz CT molecular complexity index is 554. The SMILES string of the molecule is COC(=O)C(C)Nc1nc2ccc(F)cn2n1. The first-order chi connectivity index (χ1) is 8.10. The zero-order valence-electron chi connectivity index (χ0n) is 9.35. The Morgan fingerprint density at radius 2 is 2.35 bits per heavy atom. The van der Waals surface area contributed by atoms with Gasteiger partial charge >= 0.3 is 5.97 Å². The maximum atomic E-state index is 12.9. The number of carbonyl (C=O) groups excluding carboxylic acids is 1. The lowest BCUT2D eigenvalue weighted by Gasteiger charge is -2.08. The van der Waals surface area contributed by atoms with E-state index in [-0.39, 0.29) is 5.95 Å². The maximum absolute atomic E-state index is 12.9. The third-order valence-electron chi connectivity index (χ3n) is 2.20. The Labute approximate surface area is 96.4 Å². The monoisotopic (exact) mass is 238 g/mol. The summed E-state index contributed by atoms with van der Waals surface area (Å²) < 4.78 is 18.8. The maximum Gasteiger partial charge on any atom is 0.328 e. The van der Waals surface area contributed by atoms with Crippen LogP contribution in [-0.4, -0.2) is 33.7 Å². The number of nitrogens with one attached hydrogen (secondary N) is 1. The summed E-state index contributed by atoms with van der Waals surface area (Å²) in [6, 6.07) is 2.22. The van der Waals surface area contributed by atoms with Crippen LogP contribution in [0.25, 0.3) is 5.65 Å². The summed E-state index contributed by atoms with van der Waals surface area (Å²) in [5.74, 6) is -0.585. The second-order valence-corrected chi connectivity index (χ2v) is 3.47. The third kappa shape index (κ3) is 2.32. The smallest absolute Gasteiger partial charge is 0.328 e. The predicted molar refractivity (Wildman–Crippen MR) is 58.0 cm³/mol. The minimum atomic E-state index is -0.567. The van der Waals surface area contributed by atoms with Crippen molar-refractivity contribution in [1.29, 1.82) is 0 Å². The summed E-state index contributed by atoms with van der Waals surface area (Å²) in [5, 5.41) is 6.74. The predicted octanol–water partition coefficient (Wildman–Crippen LogP) is 0.842. The van der Waals surface area contributed by atoms with Crippen LogP contribution in [0.4, 0.5) is 10.3 Å². The lowest BCUT2D eigenvalue weighted by Crippen LogP contribution is -2.27. The molecular formula is C10H11FN4O2. The molecule has 90 valence electrons. The van der Waals surface area contributed by atoms with Crippen molar-refractivity contribution in [3.05, 3.63) is 24.1 Å². The van der Waals surface area contributed by atoms with E-state index in [0.29, 0.717) is 5.65 Å². The minimum absolute atomic E-state index is 0.244. The highest BCUT2D eigenvalue weighted by Gasteiger charge is 2.15. The van der Waals surface area contributed by atoms with Crippen LogP contribution in [0.5, 0.6) is 0 Å². The van der Waals surface area contributed by atoms with Crippen LogP contribution in [-0.2, 0) is 9.53 Å². The zero-order valence-corrected chi connectivity index (χ0v) is 9.35. The molecule has 0 spiro atoms. The number of rotatable bonds is 3. The van der Waals surface area contributed by atoms with Crippen molar-refractivity contribution in [2.75, 3.05) is 12.4 Å². The molecule has 6 nitrogen and oxygen atoms in total. The summed E-state index contributed by atoms with van der Waals surface area (Å²) in [6.07, 6.45) is 1.20. The van der Waals surface area contributed by atoms with Crippen LogP contribution in [0.15, 0.2) is 18.3 Å². The highest BCUT2D eigenvalue weighted by molar-refractivity contribution is 5.78. The molecule has 0 saturated heterocycles. The summed E-state index contributed by atoms with van der Waals surface area (Å²) in [7, 11) is 1.30. The standard InChI is InChI=1S/C10H11FN4O2/c1-6(9(16)17-2)12-10-13-8-4-3-7(11)5-15(8)14-10/h3-6H,1-2H3,(H,12,14). The number of anilines is 1. The number of ether oxygens (including phenoxy) is 1. The number of pyridine rings is 1. The number of esters is 1. The molecule has 0 fully saturated rings. The van der Waals surface area contributed by atoms with Gasteiger partial charge in [-0.05, 0) is 19.1 Å². The van der Waals surface area contributed by atoms with Crippen LogP contribution in [0.2, 0.25) is 0 Å². The Hall–Kier alpha value is -2.18. The minimum Gasteiger partial charge on any atom is -0.467 e. The molecule has 1 unspecified atom stereocenters. The van der Waals surface area contributed by atoms with Gasteiger partial charge in [0.15, 0.2) is 5.65 Å². The van der Waals surface area contributed by atoms with Gasteiger partial charge in [0.2, 0.25) is 5.95 Å². The fourth-order valence-electron chi connectivity index (χ4n) is 1.35. The van der Waals surface area contributed by atoms with Gasteiger partial charge in [0.05, 0.1) is 13.3 Å².